The predicted octanol–water partition coefficient (Wildman–Crippen LogP) is 1.78. The van der Waals surface area contributed by atoms with E-state index in [2.05, 4.69) is 29.0 Å². The van der Waals surface area contributed by atoms with Crippen molar-refractivity contribution in [1.82, 2.24) is 15.1 Å². The van der Waals surface area contributed by atoms with E-state index in [0.717, 1.165) is 31.7 Å². The van der Waals surface area contributed by atoms with Crippen LogP contribution >= 0.6 is 0 Å². The van der Waals surface area contributed by atoms with Crippen LogP contribution in [-0.4, -0.2) is 55.1 Å². The Bertz CT molecular complexity index is 469. The fourth-order valence-electron chi connectivity index (χ4n) is 3.59. The third kappa shape index (κ3) is 2.60. The summed E-state index contributed by atoms with van der Waals surface area (Å²) in [4.78, 5) is 5.10. The number of benzene rings is 1. The van der Waals surface area contributed by atoms with Gasteiger partial charge in [-0.1, -0.05) is 13.0 Å². The smallest absolute Gasteiger partial charge is 0.123 e. The van der Waals surface area contributed by atoms with Gasteiger partial charge < -0.3 is 5.32 Å². The third-order valence-corrected chi connectivity index (χ3v) is 4.71. The number of fused-ring (bicyclic) bond motifs is 3. The zero-order chi connectivity index (χ0) is 14.1. The molecule has 0 aromatic heterocycles. The number of nitrogens with zero attached hydrogens (tertiary/aromatic N) is 2. The van der Waals surface area contributed by atoms with E-state index in [1.54, 1.807) is 12.1 Å². The Morgan fingerprint density at radius 2 is 2.05 bits per heavy atom. The van der Waals surface area contributed by atoms with Crippen LogP contribution in [0.2, 0.25) is 0 Å². The molecular formula is C16H24FN3. The van der Waals surface area contributed by atoms with Crippen molar-refractivity contribution in [3.8, 4) is 0 Å². The Hall–Kier alpha value is -0.970. The van der Waals surface area contributed by atoms with Gasteiger partial charge in [-0.05, 0) is 36.7 Å². The maximum Gasteiger partial charge on any atom is 0.123 e. The van der Waals surface area contributed by atoms with Crippen LogP contribution in [0.3, 0.4) is 0 Å². The van der Waals surface area contributed by atoms with Gasteiger partial charge in [0.1, 0.15) is 5.82 Å². The Labute approximate surface area is 120 Å². The van der Waals surface area contributed by atoms with E-state index in [9.17, 15) is 4.39 Å². The lowest BCUT2D eigenvalue weighted by Gasteiger charge is -2.50. The SMILES string of the molecule is CCNC(c1cc(F)ccc1C)C1CN2CCN1CC2. The molecule has 3 aliphatic heterocycles. The van der Waals surface area contributed by atoms with Crippen LogP contribution in [0.15, 0.2) is 18.2 Å². The van der Waals surface area contributed by atoms with Crippen molar-refractivity contribution in [3.63, 3.8) is 0 Å². The Kier molecular flexibility index (Phi) is 4.06. The second kappa shape index (κ2) is 5.80. The topological polar surface area (TPSA) is 18.5 Å². The lowest BCUT2D eigenvalue weighted by atomic mass is 9.91. The highest BCUT2D eigenvalue weighted by atomic mass is 19.1. The van der Waals surface area contributed by atoms with Crippen LogP contribution in [0.4, 0.5) is 4.39 Å². The maximum absolute atomic E-state index is 13.7. The zero-order valence-corrected chi connectivity index (χ0v) is 12.4. The normalized spacial score (nSPS) is 30.4. The summed E-state index contributed by atoms with van der Waals surface area (Å²) in [6.07, 6.45) is 0. The van der Waals surface area contributed by atoms with E-state index in [0.29, 0.717) is 6.04 Å². The molecule has 2 atom stereocenters. The first-order chi connectivity index (χ1) is 9.69. The van der Waals surface area contributed by atoms with Crippen LogP contribution in [0.25, 0.3) is 0 Å². The minimum Gasteiger partial charge on any atom is -0.309 e. The van der Waals surface area contributed by atoms with E-state index in [1.165, 1.54) is 18.7 Å². The maximum atomic E-state index is 13.7. The first-order valence-electron chi connectivity index (χ1n) is 7.65. The molecule has 1 aromatic rings. The minimum absolute atomic E-state index is 0.134. The van der Waals surface area contributed by atoms with Crippen molar-refractivity contribution in [2.24, 2.45) is 0 Å². The predicted molar refractivity (Wildman–Crippen MR) is 79.4 cm³/mol. The van der Waals surface area contributed by atoms with Gasteiger partial charge in [-0.3, -0.25) is 9.80 Å². The van der Waals surface area contributed by atoms with Crippen LogP contribution in [0.1, 0.15) is 24.1 Å². The summed E-state index contributed by atoms with van der Waals surface area (Å²) < 4.78 is 13.7. The van der Waals surface area contributed by atoms with E-state index < -0.39 is 0 Å². The molecule has 0 radical (unpaired) electrons. The van der Waals surface area contributed by atoms with Crippen LogP contribution < -0.4 is 5.32 Å². The molecule has 1 aromatic carbocycles. The molecule has 1 N–H and O–H groups in total. The lowest BCUT2D eigenvalue weighted by Crippen LogP contribution is -2.64. The van der Waals surface area contributed by atoms with Gasteiger partial charge in [0.25, 0.3) is 0 Å². The molecule has 3 aliphatic rings. The molecular weight excluding hydrogens is 253 g/mol. The van der Waals surface area contributed by atoms with Crippen LogP contribution in [-0.2, 0) is 0 Å². The first-order valence-corrected chi connectivity index (χ1v) is 7.65. The second-order valence-electron chi connectivity index (χ2n) is 5.94. The van der Waals surface area contributed by atoms with Crippen molar-refractivity contribution in [1.29, 1.82) is 0 Å². The molecule has 2 bridgehead atoms. The summed E-state index contributed by atoms with van der Waals surface area (Å²) in [7, 11) is 0. The molecule has 110 valence electrons. The molecule has 0 saturated carbocycles. The quantitative estimate of drug-likeness (QED) is 0.905. The molecule has 3 heterocycles. The number of hydrogen-bond donors (Lipinski definition) is 1. The molecule has 3 nitrogen and oxygen atoms in total. The van der Waals surface area contributed by atoms with E-state index in [4.69, 9.17) is 0 Å². The zero-order valence-electron chi connectivity index (χ0n) is 12.4. The molecule has 4 heteroatoms. The number of nitrogens with one attached hydrogen (secondary N) is 1. The van der Waals surface area contributed by atoms with Gasteiger partial charge in [0, 0.05) is 44.8 Å². The first kappa shape index (κ1) is 14.0. The summed E-state index contributed by atoms with van der Waals surface area (Å²) >= 11 is 0. The fraction of sp³-hybridized carbons (Fsp3) is 0.625. The third-order valence-electron chi connectivity index (χ3n) is 4.71. The second-order valence-corrected chi connectivity index (χ2v) is 5.94. The highest BCUT2D eigenvalue weighted by Crippen LogP contribution is 2.29. The number of piperazine rings is 3. The van der Waals surface area contributed by atoms with Crippen molar-refractivity contribution in [2.75, 3.05) is 39.3 Å². The highest BCUT2D eigenvalue weighted by molar-refractivity contribution is 5.31. The summed E-state index contributed by atoms with van der Waals surface area (Å²) in [5.41, 5.74) is 2.29. The molecule has 4 rings (SSSR count). The number of likely N-dealkylation sites (N-methyl/N-ethyl adjacent to an activating group) is 1. The van der Waals surface area contributed by atoms with Crippen molar-refractivity contribution in [2.45, 2.75) is 25.9 Å². The van der Waals surface area contributed by atoms with E-state index >= 15 is 0 Å². The summed E-state index contributed by atoms with van der Waals surface area (Å²) in [6, 6.07) is 5.84. The molecule has 0 spiro atoms. The number of halogens is 1. The Morgan fingerprint density at radius 3 is 2.65 bits per heavy atom. The molecule has 2 unspecified atom stereocenters. The van der Waals surface area contributed by atoms with Gasteiger partial charge in [0.2, 0.25) is 0 Å². The fourth-order valence-corrected chi connectivity index (χ4v) is 3.59. The van der Waals surface area contributed by atoms with Crippen molar-refractivity contribution in [3.05, 3.63) is 35.1 Å². The van der Waals surface area contributed by atoms with Gasteiger partial charge in [-0.2, -0.15) is 0 Å². The van der Waals surface area contributed by atoms with Crippen LogP contribution in [0, 0.1) is 12.7 Å². The minimum atomic E-state index is -0.134. The molecule has 3 fully saturated rings. The highest BCUT2D eigenvalue weighted by Gasteiger charge is 2.37. The monoisotopic (exact) mass is 277 g/mol. The number of hydrogen-bond acceptors (Lipinski definition) is 3. The van der Waals surface area contributed by atoms with Gasteiger partial charge >= 0.3 is 0 Å². The van der Waals surface area contributed by atoms with Gasteiger partial charge in [0.15, 0.2) is 0 Å². The molecule has 3 saturated heterocycles. The molecule has 20 heavy (non-hydrogen) atoms. The average molecular weight is 277 g/mol. The Balaban J connectivity index is 1.90. The number of aryl methyl sites for hydroxylation is 1. The van der Waals surface area contributed by atoms with Crippen molar-refractivity contribution < 1.29 is 4.39 Å². The van der Waals surface area contributed by atoms with Gasteiger partial charge in [-0.15, -0.1) is 0 Å². The molecule has 0 amide bonds. The van der Waals surface area contributed by atoms with E-state index in [1.807, 2.05) is 6.07 Å². The lowest BCUT2D eigenvalue weighted by molar-refractivity contribution is -0.00355. The van der Waals surface area contributed by atoms with Crippen molar-refractivity contribution >= 4 is 0 Å². The van der Waals surface area contributed by atoms with Gasteiger partial charge in [-0.25, -0.2) is 4.39 Å². The summed E-state index contributed by atoms with van der Waals surface area (Å²) in [5, 5.41) is 3.59. The standard InChI is InChI=1S/C16H24FN3/c1-3-18-16(14-10-13(17)5-4-12(14)2)15-11-19-6-8-20(15)9-7-19/h4-5,10,15-16,18H,3,6-9,11H2,1-2H3. The average Bonchev–Trinajstić information content (AvgIpc) is 2.49. The van der Waals surface area contributed by atoms with E-state index in [-0.39, 0.29) is 11.9 Å². The summed E-state index contributed by atoms with van der Waals surface area (Å²) in [5.74, 6) is -0.134. The van der Waals surface area contributed by atoms with Crippen LogP contribution in [0.5, 0.6) is 0 Å². The summed E-state index contributed by atoms with van der Waals surface area (Å²) in [6.45, 7) is 10.8. The Morgan fingerprint density at radius 1 is 1.30 bits per heavy atom. The number of rotatable bonds is 4. The molecule has 0 aliphatic carbocycles. The largest absolute Gasteiger partial charge is 0.309 e. The van der Waals surface area contributed by atoms with Gasteiger partial charge in [0.05, 0.1) is 0 Å².